The Morgan fingerprint density at radius 2 is 1.59 bits per heavy atom. The van der Waals surface area contributed by atoms with Crippen molar-refractivity contribution in [3.05, 3.63) is 0 Å². The Bertz CT molecular complexity index is 239. The molecule has 0 rings (SSSR count). The van der Waals surface area contributed by atoms with E-state index >= 15 is 0 Å². The van der Waals surface area contributed by atoms with Crippen LogP contribution in [0.25, 0.3) is 0 Å². The van der Waals surface area contributed by atoms with Gasteiger partial charge in [0.1, 0.15) is 0 Å². The summed E-state index contributed by atoms with van der Waals surface area (Å²) in [5.74, 6) is -3.59. The van der Waals surface area contributed by atoms with Crippen molar-refractivity contribution in [1.29, 1.82) is 0 Å². The number of carboxylic acid groups (broad SMARTS) is 2. The van der Waals surface area contributed by atoms with Gasteiger partial charge in [0, 0.05) is 5.41 Å². The Balaban J connectivity index is 0. The van der Waals surface area contributed by atoms with Crippen LogP contribution in [0.15, 0.2) is 0 Å². The Morgan fingerprint density at radius 1 is 1.12 bits per heavy atom. The van der Waals surface area contributed by atoms with Crippen molar-refractivity contribution in [2.24, 2.45) is 11.3 Å². The fourth-order valence-corrected chi connectivity index (χ4v) is 1.65. The van der Waals surface area contributed by atoms with Crippen molar-refractivity contribution in [1.82, 2.24) is 0 Å². The third-order valence-corrected chi connectivity index (χ3v) is 3.32. The van der Waals surface area contributed by atoms with Gasteiger partial charge in [0.25, 0.3) is 0 Å². The first-order valence-electron chi connectivity index (χ1n) is 5.80. The van der Waals surface area contributed by atoms with Crippen LogP contribution in [0.4, 0.5) is 0 Å². The topological polar surface area (TPSA) is 80.3 Å². The van der Waals surface area contributed by atoms with Gasteiger partial charge >= 0.3 is 37.7 Å². The van der Waals surface area contributed by atoms with Gasteiger partial charge in [0.2, 0.25) is 0 Å². The summed E-state index contributed by atoms with van der Waals surface area (Å²) >= 11 is 0. The zero-order chi connectivity index (χ0) is 12.8. The minimum Gasteiger partial charge on any atom is -0.549 e. The number of hydrogen-bond acceptors (Lipinski definition) is 4. The van der Waals surface area contributed by atoms with E-state index in [4.69, 9.17) is 0 Å². The van der Waals surface area contributed by atoms with Crippen molar-refractivity contribution in [2.45, 2.75) is 52.9 Å². The first-order chi connectivity index (χ1) is 7.37. The third-order valence-electron chi connectivity index (χ3n) is 3.32. The molecule has 0 aromatic rings. The second-order valence-electron chi connectivity index (χ2n) is 4.53. The molecular formula is C12H20CaO4. The number of hydrogen-bond donors (Lipinski definition) is 0. The first kappa shape index (κ1) is 19.5. The molecule has 1 unspecified atom stereocenters. The van der Waals surface area contributed by atoms with E-state index in [9.17, 15) is 19.8 Å². The van der Waals surface area contributed by atoms with Crippen LogP contribution in [0.5, 0.6) is 0 Å². The molecule has 0 saturated heterocycles. The Labute approximate surface area is 133 Å². The Morgan fingerprint density at radius 3 is 1.94 bits per heavy atom. The van der Waals surface area contributed by atoms with Gasteiger partial charge in [-0.05, 0) is 19.3 Å². The molecule has 0 aromatic carbocycles. The van der Waals surface area contributed by atoms with Crippen LogP contribution in [0, 0.1) is 11.3 Å². The summed E-state index contributed by atoms with van der Waals surface area (Å²) in [5.41, 5.74) is -1.88. The smallest absolute Gasteiger partial charge is 0.549 e. The van der Waals surface area contributed by atoms with Crippen LogP contribution in [0.1, 0.15) is 52.9 Å². The standard InChI is InChI=1S/C12H22O4.Ca/c1-4-5-6-7-8-9(2)12(3,10(13)14)11(15)16;/h9H,4-8H2,1-3H3,(H,13,14)(H,15,16);/q;+2/p-2. The minimum absolute atomic E-state index is 0. The predicted molar refractivity (Wildman–Crippen MR) is 61.8 cm³/mol. The Kier molecular flexibility index (Phi) is 10.5. The van der Waals surface area contributed by atoms with E-state index in [1.807, 2.05) is 0 Å². The first-order valence-corrected chi connectivity index (χ1v) is 5.80. The summed E-state index contributed by atoms with van der Waals surface area (Å²) < 4.78 is 0. The van der Waals surface area contributed by atoms with Crippen LogP contribution >= 0.6 is 0 Å². The summed E-state index contributed by atoms with van der Waals surface area (Å²) in [6, 6.07) is 0. The third kappa shape index (κ3) is 5.58. The molecule has 0 saturated carbocycles. The van der Waals surface area contributed by atoms with Crippen molar-refractivity contribution in [3.63, 3.8) is 0 Å². The van der Waals surface area contributed by atoms with E-state index in [2.05, 4.69) is 6.92 Å². The molecule has 17 heavy (non-hydrogen) atoms. The number of carbonyl (C=O) groups excluding carboxylic acids is 2. The molecule has 0 radical (unpaired) electrons. The maximum atomic E-state index is 10.9. The second-order valence-corrected chi connectivity index (χ2v) is 4.53. The second kappa shape index (κ2) is 9.17. The van der Waals surface area contributed by atoms with Gasteiger partial charge in [0.15, 0.2) is 0 Å². The molecule has 0 aliphatic rings. The van der Waals surface area contributed by atoms with Crippen molar-refractivity contribution in [3.8, 4) is 0 Å². The van der Waals surface area contributed by atoms with Crippen LogP contribution in [0.2, 0.25) is 0 Å². The molecule has 0 N–H and O–H groups in total. The molecule has 94 valence electrons. The average molecular weight is 268 g/mol. The maximum absolute atomic E-state index is 10.9. The summed E-state index contributed by atoms with van der Waals surface area (Å²) in [5, 5.41) is 21.7. The van der Waals surface area contributed by atoms with Crippen molar-refractivity contribution in [2.75, 3.05) is 0 Å². The maximum Gasteiger partial charge on any atom is 2.00 e. The van der Waals surface area contributed by atoms with E-state index in [0.717, 1.165) is 25.7 Å². The van der Waals surface area contributed by atoms with E-state index in [1.54, 1.807) is 6.92 Å². The fraction of sp³-hybridized carbons (Fsp3) is 0.833. The zero-order valence-corrected chi connectivity index (χ0v) is 13.2. The summed E-state index contributed by atoms with van der Waals surface area (Å²) in [6.07, 6.45) is 4.58. The molecule has 0 aromatic heterocycles. The molecule has 0 aliphatic heterocycles. The van der Waals surface area contributed by atoms with E-state index in [-0.39, 0.29) is 37.7 Å². The van der Waals surface area contributed by atoms with E-state index in [0.29, 0.717) is 6.42 Å². The van der Waals surface area contributed by atoms with Crippen LogP contribution in [-0.2, 0) is 9.59 Å². The van der Waals surface area contributed by atoms with Gasteiger partial charge in [-0.25, -0.2) is 0 Å². The molecule has 5 heteroatoms. The fourth-order valence-electron chi connectivity index (χ4n) is 1.65. The van der Waals surface area contributed by atoms with Gasteiger partial charge in [-0.1, -0.05) is 39.5 Å². The number of carboxylic acids is 2. The average Bonchev–Trinajstić information content (AvgIpc) is 2.22. The SMILES string of the molecule is CCCCCCC(C)C(C)(C(=O)[O-])C(=O)[O-].[Ca+2]. The number of aliphatic carboxylic acids is 2. The largest absolute Gasteiger partial charge is 2.00 e. The molecule has 0 spiro atoms. The van der Waals surface area contributed by atoms with Gasteiger partial charge in [-0.15, -0.1) is 0 Å². The van der Waals surface area contributed by atoms with Crippen LogP contribution < -0.4 is 10.2 Å². The van der Waals surface area contributed by atoms with E-state index < -0.39 is 23.3 Å². The van der Waals surface area contributed by atoms with Gasteiger partial charge in [-0.2, -0.15) is 0 Å². The zero-order valence-electron chi connectivity index (χ0n) is 11.0. The summed E-state index contributed by atoms with van der Waals surface area (Å²) in [4.78, 5) is 21.7. The molecule has 0 heterocycles. The van der Waals surface area contributed by atoms with Crippen LogP contribution in [0.3, 0.4) is 0 Å². The summed E-state index contributed by atoms with van der Waals surface area (Å²) in [7, 11) is 0. The predicted octanol–water partition coefficient (Wildman–Crippen LogP) is -0.282. The van der Waals surface area contributed by atoms with Crippen molar-refractivity contribution >= 4 is 49.7 Å². The number of rotatable bonds is 8. The molecule has 0 bridgehead atoms. The van der Waals surface area contributed by atoms with Gasteiger partial charge in [0.05, 0.1) is 11.9 Å². The quantitative estimate of drug-likeness (QED) is 0.344. The van der Waals surface area contributed by atoms with Gasteiger partial charge in [-0.3, -0.25) is 0 Å². The molecular weight excluding hydrogens is 248 g/mol. The molecule has 4 nitrogen and oxygen atoms in total. The monoisotopic (exact) mass is 268 g/mol. The Hall–Kier alpha value is 0.200. The normalized spacial score (nSPS) is 12.6. The van der Waals surface area contributed by atoms with E-state index in [1.165, 1.54) is 6.92 Å². The summed E-state index contributed by atoms with van der Waals surface area (Å²) in [6.45, 7) is 4.87. The number of unbranched alkanes of at least 4 members (excludes halogenated alkanes) is 3. The molecule has 0 fully saturated rings. The van der Waals surface area contributed by atoms with Crippen LogP contribution in [-0.4, -0.2) is 49.7 Å². The molecule has 0 amide bonds. The van der Waals surface area contributed by atoms with Crippen molar-refractivity contribution < 1.29 is 19.8 Å². The number of carbonyl (C=O) groups is 2. The van der Waals surface area contributed by atoms with Gasteiger partial charge < -0.3 is 19.8 Å². The molecule has 0 aliphatic carbocycles. The minimum atomic E-state index is -1.88. The molecule has 1 atom stereocenters.